The minimum Gasteiger partial charge on any atom is -0.475 e. The maximum Gasteiger partial charge on any atom is 0.282 e. The molecule has 0 radical (unpaired) electrons. The van der Waals surface area contributed by atoms with Crippen LogP contribution in [0.1, 0.15) is 23.3 Å². The number of rotatable bonds is 7. The normalized spacial score (nSPS) is 22.1. The predicted octanol–water partition coefficient (Wildman–Crippen LogP) is 0.471. The predicted molar refractivity (Wildman–Crippen MR) is 96.8 cm³/mol. The van der Waals surface area contributed by atoms with E-state index >= 15 is 0 Å². The van der Waals surface area contributed by atoms with Crippen molar-refractivity contribution >= 4 is 11.7 Å². The zero-order chi connectivity index (χ0) is 19.7. The van der Waals surface area contributed by atoms with Gasteiger partial charge in [0.25, 0.3) is 17.7 Å². The quantitative estimate of drug-likeness (QED) is 0.716. The summed E-state index contributed by atoms with van der Waals surface area (Å²) in [6.07, 6.45) is 3.51. The molecule has 1 N–H and O–H groups in total. The molecule has 1 aromatic rings. The molecule has 1 saturated carbocycles. The average Bonchev–Trinajstić information content (AvgIpc) is 3.49. The lowest BCUT2D eigenvalue weighted by molar-refractivity contribution is -0.0270. The second-order valence-corrected chi connectivity index (χ2v) is 7.71. The summed E-state index contributed by atoms with van der Waals surface area (Å²) in [6.45, 7) is 2.77. The molecule has 10 heteroatoms. The Kier molecular flexibility index (Phi) is 5.33. The molecule has 0 atom stereocenters. The lowest BCUT2D eigenvalue weighted by Gasteiger charge is -2.39. The summed E-state index contributed by atoms with van der Waals surface area (Å²) < 4.78 is 32.3. The smallest absolute Gasteiger partial charge is 0.282 e. The van der Waals surface area contributed by atoms with Crippen molar-refractivity contribution in [1.82, 2.24) is 19.8 Å². The molecule has 0 bridgehead atoms. The Morgan fingerprint density at radius 3 is 2.57 bits per heavy atom. The highest BCUT2D eigenvalue weighted by atomic mass is 19.3. The van der Waals surface area contributed by atoms with Gasteiger partial charge in [-0.2, -0.15) is 0 Å². The van der Waals surface area contributed by atoms with Crippen LogP contribution in [0.5, 0.6) is 5.88 Å². The number of carbonyl (C=O) groups is 1. The van der Waals surface area contributed by atoms with E-state index in [-0.39, 0.29) is 29.9 Å². The van der Waals surface area contributed by atoms with Crippen molar-refractivity contribution in [1.29, 1.82) is 0 Å². The fraction of sp³-hybridized carbons (Fsp3) is 0.722. The van der Waals surface area contributed by atoms with Crippen molar-refractivity contribution in [2.45, 2.75) is 18.8 Å². The number of aliphatic hydroxyl groups is 1. The van der Waals surface area contributed by atoms with Crippen LogP contribution in [0.4, 0.5) is 14.6 Å². The molecule has 3 heterocycles. The number of amides is 1. The van der Waals surface area contributed by atoms with Crippen molar-refractivity contribution in [3.8, 4) is 5.88 Å². The molecule has 2 saturated heterocycles. The Morgan fingerprint density at radius 2 is 1.96 bits per heavy atom. The highest BCUT2D eigenvalue weighted by Gasteiger charge is 2.46. The first-order valence-electron chi connectivity index (χ1n) is 9.70. The van der Waals surface area contributed by atoms with Gasteiger partial charge in [0, 0.05) is 32.7 Å². The molecule has 0 aromatic carbocycles. The number of halogens is 2. The van der Waals surface area contributed by atoms with Crippen LogP contribution in [0.2, 0.25) is 0 Å². The number of piperazine rings is 1. The van der Waals surface area contributed by atoms with E-state index in [4.69, 9.17) is 9.84 Å². The third-order valence-corrected chi connectivity index (χ3v) is 5.31. The Hall–Kier alpha value is -2.07. The van der Waals surface area contributed by atoms with Gasteiger partial charge in [0.2, 0.25) is 0 Å². The van der Waals surface area contributed by atoms with Gasteiger partial charge in [-0.3, -0.25) is 9.69 Å². The van der Waals surface area contributed by atoms with Gasteiger partial charge in [-0.1, -0.05) is 0 Å². The Labute approximate surface area is 162 Å². The van der Waals surface area contributed by atoms with Crippen LogP contribution in [-0.2, 0) is 0 Å². The van der Waals surface area contributed by atoms with Crippen molar-refractivity contribution in [3.63, 3.8) is 0 Å². The Balaban J connectivity index is 1.46. The number of anilines is 1. The summed E-state index contributed by atoms with van der Waals surface area (Å²) in [4.78, 5) is 26.6. The first-order chi connectivity index (χ1) is 13.4. The van der Waals surface area contributed by atoms with Crippen molar-refractivity contribution in [2.75, 3.05) is 63.9 Å². The van der Waals surface area contributed by atoms with Gasteiger partial charge in [0.1, 0.15) is 0 Å². The van der Waals surface area contributed by atoms with E-state index in [0.717, 1.165) is 12.8 Å². The zero-order valence-electron chi connectivity index (χ0n) is 15.7. The van der Waals surface area contributed by atoms with Gasteiger partial charge in [-0.05, 0) is 18.8 Å². The maximum atomic E-state index is 13.3. The fourth-order valence-electron chi connectivity index (χ4n) is 3.40. The van der Waals surface area contributed by atoms with Crippen LogP contribution in [0.15, 0.2) is 6.20 Å². The van der Waals surface area contributed by atoms with E-state index in [0.29, 0.717) is 45.2 Å². The molecule has 1 amide bonds. The second kappa shape index (κ2) is 7.75. The summed E-state index contributed by atoms with van der Waals surface area (Å²) in [5.41, 5.74) is 0.164. The molecular formula is C18H25F2N5O3. The summed E-state index contributed by atoms with van der Waals surface area (Å²) in [5.74, 6) is -2.07. The van der Waals surface area contributed by atoms with Crippen LogP contribution in [0.25, 0.3) is 0 Å². The standard InChI is InChI=1S/C18H25F2N5O3/c19-18(20)11-25(12-18)15-16(28-10-13-1-2-13)22-14(9-21-15)17(27)24-5-3-23(4-6-24)7-8-26/h9,13,26H,1-8,10-12H2. The Bertz CT molecular complexity index is 715. The van der Waals surface area contributed by atoms with Gasteiger partial charge in [-0.25, -0.2) is 18.7 Å². The highest BCUT2D eigenvalue weighted by Crippen LogP contribution is 2.36. The molecule has 1 aliphatic carbocycles. The van der Waals surface area contributed by atoms with Gasteiger partial charge in [0.05, 0.1) is 32.5 Å². The molecular weight excluding hydrogens is 372 g/mol. The van der Waals surface area contributed by atoms with Crippen LogP contribution < -0.4 is 9.64 Å². The van der Waals surface area contributed by atoms with Crippen molar-refractivity contribution in [2.24, 2.45) is 5.92 Å². The van der Waals surface area contributed by atoms with Crippen molar-refractivity contribution in [3.05, 3.63) is 11.9 Å². The number of aromatic nitrogens is 2. The molecule has 3 aliphatic rings. The highest BCUT2D eigenvalue weighted by molar-refractivity contribution is 5.92. The molecule has 8 nitrogen and oxygen atoms in total. The number of alkyl halides is 2. The topological polar surface area (TPSA) is 82.0 Å². The summed E-state index contributed by atoms with van der Waals surface area (Å²) >= 11 is 0. The van der Waals surface area contributed by atoms with Crippen LogP contribution >= 0.6 is 0 Å². The van der Waals surface area contributed by atoms with Crippen LogP contribution in [0.3, 0.4) is 0 Å². The SMILES string of the molecule is O=C(c1cnc(N2CC(F)(F)C2)c(OCC2CC2)n1)N1CCN(CCO)CC1. The van der Waals surface area contributed by atoms with Gasteiger partial charge >= 0.3 is 0 Å². The third kappa shape index (κ3) is 4.33. The van der Waals surface area contributed by atoms with E-state index in [1.165, 1.54) is 11.1 Å². The number of β-amino-alcohol motifs (C(OH)–C–C–N with tert-alkyl or cyclic N) is 1. The van der Waals surface area contributed by atoms with E-state index in [2.05, 4.69) is 14.9 Å². The minimum atomic E-state index is -2.72. The third-order valence-electron chi connectivity index (χ3n) is 5.31. The lowest BCUT2D eigenvalue weighted by atomic mass is 10.1. The first-order valence-corrected chi connectivity index (χ1v) is 9.70. The Morgan fingerprint density at radius 1 is 1.25 bits per heavy atom. The number of hydrogen-bond acceptors (Lipinski definition) is 7. The molecule has 0 unspecified atom stereocenters. The summed E-state index contributed by atoms with van der Waals surface area (Å²) in [6, 6.07) is 0. The molecule has 154 valence electrons. The van der Waals surface area contributed by atoms with Crippen LogP contribution in [-0.4, -0.2) is 95.7 Å². The minimum absolute atomic E-state index is 0.0954. The first kappa shape index (κ1) is 19.3. The number of carbonyl (C=O) groups excluding carboxylic acids is 1. The van der Waals surface area contributed by atoms with Gasteiger partial charge in [0.15, 0.2) is 11.5 Å². The number of hydrogen-bond donors (Lipinski definition) is 1. The van der Waals surface area contributed by atoms with E-state index in [9.17, 15) is 13.6 Å². The van der Waals surface area contributed by atoms with E-state index in [1.807, 2.05) is 0 Å². The fourth-order valence-corrected chi connectivity index (χ4v) is 3.40. The average molecular weight is 397 g/mol. The zero-order valence-corrected chi connectivity index (χ0v) is 15.7. The largest absolute Gasteiger partial charge is 0.475 e. The number of nitrogens with zero attached hydrogens (tertiary/aromatic N) is 5. The van der Waals surface area contributed by atoms with E-state index < -0.39 is 19.0 Å². The van der Waals surface area contributed by atoms with Crippen molar-refractivity contribution < 1.29 is 23.4 Å². The number of aliphatic hydroxyl groups excluding tert-OH is 1. The molecule has 1 aromatic heterocycles. The summed E-state index contributed by atoms with van der Waals surface area (Å²) in [5, 5.41) is 9.02. The molecule has 0 spiro atoms. The number of ether oxygens (including phenoxy) is 1. The molecule has 28 heavy (non-hydrogen) atoms. The monoisotopic (exact) mass is 397 g/mol. The van der Waals surface area contributed by atoms with E-state index in [1.54, 1.807) is 4.90 Å². The molecule has 4 rings (SSSR count). The van der Waals surface area contributed by atoms with Crippen LogP contribution in [0, 0.1) is 5.92 Å². The maximum absolute atomic E-state index is 13.3. The molecule has 3 fully saturated rings. The van der Waals surface area contributed by atoms with Gasteiger partial charge < -0.3 is 19.6 Å². The van der Waals surface area contributed by atoms with Gasteiger partial charge in [-0.15, -0.1) is 0 Å². The summed E-state index contributed by atoms with van der Waals surface area (Å²) in [7, 11) is 0. The lowest BCUT2D eigenvalue weighted by Crippen LogP contribution is -2.56. The second-order valence-electron chi connectivity index (χ2n) is 7.71. The molecule has 2 aliphatic heterocycles.